The summed E-state index contributed by atoms with van der Waals surface area (Å²) in [7, 11) is 3.59. The van der Waals surface area contributed by atoms with Gasteiger partial charge in [0.05, 0.1) is 7.11 Å². The minimum Gasteiger partial charge on any atom is -0.468 e. The zero-order valence-corrected chi connectivity index (χ0v) is 12.0. The first-order chi connectivity index (χ1) is 8.49. The molecule has 0 aliphatic heterocycles. The highest BCUT2D eigenvalue weighted by Crippen LogP contribution is 2.42. The van der Waals surface area contributed by atoms with Gasteiger partial charge in [-0.25, -0.2) is 4.79 Å². The molecule has 2 saturated carbocycles. The zero-order chi connectivity index (χ0) is 13.3. The Hall–Kier alpha value is -0.610. The van der Waals surface area contributed by atoms with E-state index in [0.717, 1.165) is 19.4 Å². The summed E-state index contributed by atoms with van der Waals surface area (Å²) in [6.07, 6.45) is 4.66. The van der Waals surface area contributed by atoms with Crippen molar-refractivity contribution in [3.63, 3.8) is 0 Å². The maximum Gasteiger partial charge on any atom is 0.327 e. The molecule has 4 heteroatoms. The summed E-state index contributed by atoms with van der Waals surface area (Å²) in [5, 5.41) is 3.59. The summed E-state index contributed by atoms with van der Waals surface area (Å²) < 4.78 is 5.10. The van der Waals surface area contributed by atoms with Crippen molar-refractivity contribution in [1.82, 2.24) is 10.2 Å². The molecule has 2 fully saturated rings. The van der Waals surface area contributed by atoms with E-state index in [4.69, 9.17) is 4.74 Å². The van der Waals surface area contributed by atoms with Crippen LogP contribution in [0.2, 0.25) is 0 Å². The van der Waals surface area contributed by atoms with Crippen LogP contribution in [0.3, 0.4) is 0 Å². The Bertz CT molecular complexity index is 311. The van der Waals surface area contributed by atoms with Crippen molar-refractivity contribution in [2.45, 2.75) is 57.2 Å². The van der Waals surface area contributed by atoms with Crippen LogP contribution in [0.4, 0.5) is 0 Å². The maximum atomic E-state index is 12.3. The van der Waals surface area contributed by atoms with Crippen LogP contribution >= 0.6 is 0 Å². The van der Waals surface area contributed by atoms with Crippen molar-refractivity contribution < 1.29 is 9.53 Å². The van der Waals surface area contributed by atoms with Gasteiger partial charge in [0.15, 0.2) is 0 Å². The lowest BCUT2D eigenvalue weighted by atomic mass is 9.91. The van der Waals surface area contributed by atoms with Gasteiger partial charge in [0.25, 0.3) is 0 Å². The molecule has 2 rings (SSSR count). The van der Waals surface area contributed by atoms with Crippen LogP contribution in [-0.4, -0.2) is 49.2 Å². The molecule has 0 aromatic rings. The summed E-state index contributed by atoms with van der Waals surface area (Å²) in [6, 6.07) is 0.957. The van der Waals surface area contributed by atoms with Crippen molar-refractivity contribution in [2.75, 3.05) is 20.7 Å². The van der Waals surface area contributed by atoms with Crippen LogP contribution in [0.15, 0.2) is 0 Å². The molecule has 0 saturated heterocycles. The fourth-order valence-electron chi connectivity index (χ4n) is 2.51. The van der Waals surface area contributed by atoms with Crippen LogP contribution in [0.25, 0.3) is 0 Å². The first-order valence-corrected chi connectivity index (χ1v) is 7.06. The summed E-state index contributed by atoms with van der Waals surface area (Å²) in [6.45, 7) is 5.07. The largest absolute Gasteiger partial charge is 0.468 e. The van der Waals surface area contributed by atoms with Crippen molar-refractivity contribution in [2.24, 2.45) is 5.92 Å². The smallest absolute Gasteiger partial charge is 0.327 e. The fourth-order valence-corrected chi connectivity index (χ4v) is 2.51. The summed E-state index contributed by atoms with van der Waals surface area (Å²) in [5.74, 6) is 0.371. The van der Waals surface area contributed by atoms with Crippen LogP contribution in [0.1, 0.15) is 39.5 Å². The molecule has 104 valence electrons. The van der Waals surface area contributed by atoms with E-state index in [9.17, 15) is 4.79 Å². The molecule has 1 N–H and O–H groups in total. The Balaban J connectivity index is 2.14. The lowest BCUT2D eigenvalue weighted by molar-refractivity contribution is -0.151. The van der Waals surface area contributed by atoms with Crippen molar-refractivity contribution in [3.05, 3.63) is 0 Å². The normalized spacial score (nSPS) is 23.2. The van der Waals surface area contributed by atoms with Gasteiger partial charge in [-0.05, 0) is 52.5 Å². The molecule has 0 aromatic heterocycles. The summed E-state index contributed by atoms with van der Waals surface area (Å²) in [5.41, 5.74) is -0.477. The topological polar surface area (TPSA) is 41.6 Å². The van der Waals surface area contributed by atoms with Gasteiger partial charge in [0, 0.05) is 18.6 Å². The molecule has 1 unspecified atom stereocenters. The van der Waals surface area contributed by atoms with Gasteiger partial charge < -0.3 is 9.64 Å². The van der Waals surface area contributed by atoms with Crippen LogP contribution < -0.4 is 5.32 Å². The number of carbonyl (C=O) groups excluding carboxylic acids is 1. The molecular weight excluding hydrogens is 228 g/mol. The van der Waals surface area contributed by atoms with Gasteiger partial charge in [-0.2, -0.15) is 0 Å². The van der Waals surface area contributed by atoms with E-state index < -0.39 is 5.54 Å². The van der Waals surface area contributed by atoms with Crippen molar-refractivity contribution in [3.8, 4) is 0 Å². The third kappa shape index (κ3) is 2.86. The Morgan fingerprint density at radius 2 is 2.00 bits per heavy atom. The predicted octanol–water partition coefficient (Wildman–Crippen LogP) is 1.40. The standard InChI is InChI=1S/C14H26N2O2/c1-10(2)16(3)9-14(11-5-6-11,13(17)18-4)15-12-7-8-12/h10-12,15H,5-9H2,1-4H3. The summed E-state index contributed by atoms with van der Waals surface area (Å²) >= 11 is 0. The Labute approximate surface area is 110 Å². The highest BCUT2D eigenvalue weighted by molar-refractivity contribution is 5.82. The minimum absolute atomic E-state index is 0.0793. The number of methoxy groups -OCH3 is 1. The van der Waals surface area contributed by atoms with Gasteiger partial charge >= 0.3 is 5.97 Å². The maximum absolute atomic E-state index is 12.3. The first-order valence-electron chi connectivity index (χ1n) is 7.06. The van der Waals surface area contributed by atoms with Crippen LogP contribution in [0, 0.1) is 5.92 Å². The Morgan fingerprint density at radius 1 is 1.39 bits per heavy atom. The molecule has 0 radical (unpaired) electrons. The molecule has 0 amide bonds. The van der Waals surface area contributed by atoms with Gasteiger partial charge in [0.1, 0.15) is 5.54 Å². The molecule has 0 bridgehead atoms. The molecule has 18 heavy (non-hydrogen) atoms. The second kappa shape index (κ2) is 5.17. The first kappa shape index (κ1) is 13.8. The van der Waals surface area contributed by atoms with Crippen molar-refractivity contribution >= 4 is 5.97 Å². The third-order valence-corrected chi connectivity index (χ3v) is 4.24. The fraction of sp³-hybridized carbons (Fsp3) is 0.929. The zero-order valence-electron chi connectivity index (χ0n) is 12.0. The number of likely N-dealkylation sites (N-methyl/N-ethyl adjacent to an activating group) is 1. The van der Waals surface area contributed by atoms with E-state index in [2.05, 4.69) is 31.1 Å². The lowest BCUT2D eigenvalue weighted by Crippen LogP contribution is -2.62. The van der Waals surface area contributed by atoms with E-state index in [1.165, 1.54) is 20.0 Å². The van der Waals surface area contributed by atoms with Gasteiger partial charge in [0.2, 0.25) is 0 Å². The molecule has 1 atom stereocenters. The van der Waals surface area contributed by atoms with Gasteiger partial charge in [-0.1, -0.05) is 0 Å². The summed E-state index contributed by atoms with van der Waals surface area (Å²) in [4.78, 5) is 14.6. The third-order valence-electron chi connectivity index (χ3n) is 4.24. The van der Waals surface area contributed by atoms with E-state index >= 15 is 0 Å². The second-order valence-electron chi connectivity index (χ2n) is 6.16. The molecule has 0 aromatic carbocycles. The number of nitrogens with zero attached hydrogens (tertiary/aromatic N) is 1. The highest BCUT2D eigenvalue weighted by Gasteiger charge is 2.54. The number of esters is 1. The minimum atomic E-state index is -0.477. The average Bonchev–Trinajstić information content (AvgIpc) is 3.17. The average molecular weight is 254 g/mol. The highest BCUT2D eigenvalue weighted by atomic mass is 16.5. The Kier molecular flexibility index (Phi) is 3.97. The molecule has 2 aliphatic rings. The van der Waals surface area contributed by atoms with Crippen molar-refractivity contribution in [1.29, 1.82) is 0 Å². The second-order valence-corrected chi connectivity index (χ2v) is 6.16. The molecule has 0 heterocycles. The predicted molar refractivity (Wildman–Crippen MR) is 71.4 cm³/mol. The quantitative estimate of drug-likeness (QED) is 0.697. The van der Waals surface area contributed by atoms with E-state index in [0.29, 0.717) is 18.0 Å². The number of carbonyl (C=O) groups is 1. The van der Waals surface area contributed by atoms with E-state index in [-0.39, 0.29) is 5.97 Å². The number of hydrogen-bond acceptors (Lipinski definition) is 4. The van der Waals surface area contributed by atoms with Gasteiger partial charge in [-0.3, -0.25) is 5.32 Å². The molecular formula is C14H26N2O2. The number of rotatable bonds is 7. The Morgan fingerprint density at radius 3 is 2.39 bits per heavy atom. The number of hydrogen-bond donors (Lipinski definition) is 1. The number of nitrogens with one attached hydrogen (secondary N) is 1. The lowest BCUT2D eigenvalue weighted by Gasteiger charge is -2.37. The SMILES string of the molecule is COC(=O)C(CN(C)C(C)C)(NC1CC1)C1CC1. The van der Waals surface area contributed by atoms with Crippen LogP contribution in [0.5, 0.6) is 0 Å². The van der Waals surface area contributed by atoms with Gasteiger partial charge in [-0.15, -0.1) is 0 Å². The number of ether oxygens (including phenoxy) is 1. The molecule has 0 spiro atoms. The van der Waals surface area contributed by atoms with Crippen LogP contribution in [-0.2, 0) is 9.53 Å². The van der Waals surface area contributed by atoms with E-state index in [1.54, 1.807) is 0 Å². The monoisotopic (exact) mass is 254 g/mol. The van der Waals surface area contributed by atoms with E-state index in [1.807, 2.05) is 0 Å². The molecule has 4 nitrogen and oxygen atoms in total. The molecule has 2 aliphatic carbocycles.